The van der Waals surface area contributed by atoms with Crippen molar-refractivity contribution in [3.63, 3.8) is 0 Å². The third-order valence-electron chi connectivity index (χ3n) is 10.3. The molecule has 7 rings (SSSR count). The molecule has 0 N–H and O–H groups in total. The van der Waals surface area contributed by atoms with Crippen molar-refractivity contribution < 1.29 is 57.1 Å². The van der Waals surface area contributed by atoms with Gasteiger partial charge in [-0.25, -0.2) is 19.2 Å². The lowest BCUT2D eigenvalue weighted by Crippen LogP contribution is -2.29. The molecule has 0 aliphatic heterocycles. The molecule has 0 saturated heterocycles. The van der Waals surface area contributed by atoms with Gasteiger partial charge in [0.1, 0.15) is 45.4 Å². The van der Waals surface area contributed by atoms with E-state index in [0.717, 1.165) is 48.1 Å². The minimum Gasteiger partial charge on any atom is -0.428 e. The Labute approximate surface area is 412 Å². The first-order chi connectivity index (χ1) is 32.8. The quantitative estimate of drug-likeness (QED) is 0.0588. The number of carbonyl (C=O) groups excluding carboxylic acids is 4. The summed E-state index contributed by atoms with van der Waals surface area (Å²) in [5.74, 6) is 1.26. The number of benzene rings is 6. The molecular formula is C57H59O12S+. The molecule has 70 heavy (non-hydrogen) atoms. The molecule has 13 heteroatoms. The van der Waals surface area contributed by atoms with E-state index in [1.54, 1.807) is 132 Å². The number of carbonyl (C=O) groups is 4. The van der Waals surface area contributed by atoms with E-state index in [-0.39, 0.29) is 0 Å². The summed E-state index contributed by atoms with van der Waals surface area (Å²) in [6.07, 6.45) is -3.25. The fourth-order valence-corrected chi connectivity index (χ4v) is 9.96. The Morgan fingerprint density at radius 3 is 1.00 bits per heavy atom. The summed E-state index contributed by atoms with van der Waals surface area (Å²) in [6, 6.07) is 44.1. The minimum atomic E-state index is -0.917. The molecule has 12 nitrogen and oxygen atoms in total. The lowest BCUT2D eigenvalue weighted by Gasteiger charge is -2.34. The maximum Gasteiger partial charge on any atom is 0.514 e. The first-order valence-corrected chi connectivity index (χ1v) is 24.0. The molecule has 0 aromatic heterocycles. The van der Waals surface area contributed by atoms with Gasteiger partial charge < -0.3 is 37.9 Å². The molecular weight excluding hydrogens is 909 g/mol. The third-order valence-corrected chi connectivity index (χ3v) is 12.5. The predicted molar refractivity (Wildman–Crippen MR) is 266 cm³/mol. The van der Waals surface area contributed by atoms with E-state index in [4.69, 9.17) is 37.9 Å². The molecule has 0 atom stereocenters. The molecule has 1 aliphatic rings. The van der Waals surface area contributed by atoms with Crippen LogP contribution < -0.4 is 18.9 Å². The van der Waals surface area contributed by atoms with Gasteiger partial charge in [0.05, 0.1) is 16.3 Å². The van der Waals surface area contributed by atoms with Crippen LogP contribution in [0, 0.1) is 0 Å². The third kappa shape index (κ3) is 12.3. The Hall–Kier alpha value is -7.25. The van der Waals surface area contributed by atoms with Crippen LogP contribution in [0.15, 0.2) is 154 Å². The monoisotopic (exact) mass is 967 g/mol. The lowest BCUT2D eigenvalue weighted by atomic mass is 9.68. The molecule has 1 aliphatic carbocycles. The largest absolute Gasteiger partial charge is 0.514 e. The average molecular weight is 968 g/mol. The summed E-state index contributed by atoms with van der Waals surface area (Å²) in [5.41, 5.74) is 1.84. The number of ether oxygens (including phenoxy) is 8. The highest BCUT2D eigenvalue weighted by molar-refractivity contribution is 7.97. The maximum absolute atomic E-state index is 12.7. The van der Waals surface area contributed by atoms with Crippen LogP contribution in [0.1, 0.15) is 105 Å². The van der Waals surface area contributed by atoms with Gasteiger partial charge in [-0.05, 0) is 195 Å². The standard InChI is InChI=1S/C57H59O12S/c1-53(2,3)66-49(58)62-38-21-17-36(18-22-38)57(37-19-23-39(24-20-37)63-50(59)67-54(4,5)6)47-16-14-13-15-45(47)46-35-44(33-34-48(46)57)70(42-29-25-40(26-30-42)64-51(60)68-55(7,8)9)43-31-27-41(28-32-43)65-52(61)69-56(10,11)12/h13-35H,1-12H3/q+1. The number of hydrogen-bond donors (Lipinski definition) is 0. The normalized spacial score (nSPS) is 13.0. The Morgan fingerprint density at radius 1 is 0.357 bits per heavy atom. The fraction of sp³-hybridized carbons (Fsp3) is 0.298. The second-order valence-corrected chi connectivity index (χ2v) is 22.6. The van der Waals surface area contributed by atoms with Gasteiger partial charge >= 0.3 is 24.6 Å². The van der Waals surface area contributed by atoms with Crippen molar-refractivity contribution in [2.45, 2.75) is 126 Å². The maximum atomic E-state index is 12.7. The van der Waals surface area contributed by atoms with Crippen LogP contribution in [0.3, 0.4) is 0 Å². The van der Waals surface area contributed by atoms with Gasteiger partial charge in [-0.3, -0.25) is 0 Å². The molecule has 0 saturated carbocycles. The van der Waals surface area contributed by atoms with Crippen LogP contribution in [0.25, 0.3) is 11.1 Å². The molecule has 0 heterocycles. The van der Waals surface area contributed by atoms with E-state index >= 15 is 0 Å². The zero-order valence-corrected chi connectivity index (χ0v) is 42.4. The van der Waals surface area contributed by atoms with Crippen LogP contribution >= 0.6 is 0 Å². The lowest BCUT2D eigenvalue weighted by molar-refractivity contribution is 0.0193. The molecule has 0 fully saturated rings. The molecule has 0 radical (unpaired) electrons. The highest BCUT2D eigenvalue weighted by Crippen LogP contribution is 2.57. The summed E-state index contributed by atoms with van der Waals surface area (Å²) < 4.78 is 43.9. The molecule has 364 valence electrons. The predicted octanol–water partition coefficient (Wildman–Crippen LogP) is 14.4. The first kappa shape index (κ1) is 50.6. The van der Waals surface area contributed by atoms with Crippen molar-refractivity contribution in [1.29, 1.82) is 0 Å². The van der Waals surface area contributed by atoms with Crippen LogP contribution in [0.5, 0.6) is 23.0 Å². The van der Waals surface area contributed by atoms with Crippen molar-refractivity contribution in [3.05, 3.63) is 162 Å². The van der Waals surface area contributed by atoms with E-state index in [1.807, 2.05) is 60.7 Å². The van der Waals surface area contributed by atoms with E-state index in [2.05, 4.69) is 30.3 Å². The second kappa shape index (κ2) is 19.6. The zero-order chi connectivity index (χ0) is 50.8. The fourth-order valence-electron chi connectivity index (χ4n) is 7.89. The van der Waals surface area contributed by atoms with E-state index < -0.39 is 63.3 Å². The Bertz CT molecular complexity index is 2710. The minimum absolute atomic E-state index is 0.310. The van der Waals surface area contributed by atoms with Crippen LogP contribution in [-0.4, -0.2) is 47.0 Å². The Morgan fingerprint density at radius 2 is 0.657 bits per heavy atom. The highest BCUT2D eigenvalue weighted by Gasteiger charge is 2.47. The summed E-state index contributed by atoms with van der Waals surface area (Å²) in [6.45, 7) is 21.2. The zero-order valence-electron chi connectivity index (χ0n) is 41.6. The van der Waals surface area contributed by atoms with E-state index in [0.29, 0.717) is 23.0 Å². The summed E-state index contributed by atoms with van der Waals surface area (Å²) in [5, 5.41) is 0. The summed E-state index contributed by atoms with van der Waals surface area (Å²) in [4.78, 5) is 53.5. The van der Waals surface area contributed by atoms with Crippen LogP contribution in [0.4, 0.5) is 19.2 Å². The topological polar surface area (TPSA) is 142 Å². The van der Waals surface area contributed by atoms with Gasteiger partial charge in [0, 0.05) is 6.07 Å². The van der Waals surface area contributed by atoms with E-state index in [1.165, 1.54) is 0 Å². The van der Waals surface area contributed by atoms with Crippen molar-refractivity contribution in [1.82, 2.24) is 0 Å². The summed E-state index contributed by atoms with van der Waals surface area (Å²) >= 11 is 0. The Kier molecular flexibility index (Phi) is 14.2. The summed E-state index contributed by atoms with van der Waals surface area (Å²) in [7, 11) is -0.768. The molecule has 0 spiro atoms. The van der Waals surface area contributed by atoms with Gasteiger partial charge in [-0.1, -0.05) is 54.6 Å². The van der Waals surface area contributed by atoms with Gasteiger partial charge in [0.25, 0.3) is 0 Å². The molecule has 6 aromatic carbocycles. The smallest absolute Gasteiger partial charge is 0.428 e. The molecule has 0 unspecified atom stereocenters. The van der Waals surface area contributed by atoms with Gasteiger partial charge in [0.2, 0.25) is 0 Å². The van der Waals surface area contributed by atoms with Gasteiger partial charge in [0.15, 0.2) is 14.7 Å². The van der Waals surface area contributed by atoms with Crippen LogP contribution in [0.2, 0.25) is 0 Å². The first-order valence-electron chi connectivity index (χ1n) is 22.8. The molecule has 0 amide bonds. The SMILES string of the molecule is CC(C)(C)OC(=O)Oc1ccc([S+](c2ccc(OC(=O)OC(C)(C)C)cc2)c2ccc3c(c2)-c2ccccc2C3(c2ccc(OC(=O)OC(C)(C)C)cc2)c2ccc(OC(=O)OC(C)(C)C)cc2)cc1. The van der Waals surface area contributed by atoms with Crippen molar-refractivity contribution >= 4 is 35.5 Å². The molecule has 0 bridgehead atoms. The number of hydrogen-bond acceptors (Lipinski definition) is 12. The average Bonchev–Trinajstić information content (AvgIpc) is 3.53. The van der Waals surface area contributed by atoms with Gasteiger partial charge in [-0.15, -0.1) is 0 Å². The van der Waals surface area contributed by atoms with Crippen molar-refractivity contribution in [2.75, 3.05) is 0 Å². The molecule has 6 aromatic rings. The number of fused-ring (bicyclic) bond motifs is 3. The van der Waals surface area contributed by atoms with Crippen molar-refractivity contribution in [2.24, 2.45) is 0 Å². The number of rotatable bonds is 9. The highest BCUT2D eigenvalue weighted by atomic mass is 32.2. The van der Waals surface area contributed by atoms with E-state index in [9.17, 15) is 19.2 Å². The van der Waals surface area contributed by atoms with Crippen LogP contribution in [-0.2, 0) is 35.3 Å². The van der Waals surface area contributed by atoms with Crippen molar-refractivity contribution in [3.8, 4) is 34.1 Å². The second-order valence-electron chi connectivity index (χ2n) is 20.6. The Balaban J connectivity index is 1.35. The van der Waals surface area contributed by atoms with Gasteiger partial charge in [-0.2, -0.15) is 0 Å².